The Labute approximate surface area is 114 Å². The summed E-state index contributed by atoms with van der Waals surface area (Å²) < 4.78 is 0.717. The van der Waals surface area contributed by atoms with E-state index >= 15 is 0 Å². The molecule has 0 saturated heterocycles. The number of phenolic OH excluding ortho intramolecular Hbond substituents is 1. The quantitative estimate of drug-likeness (QED) is 0.784. The number of halogens is 1. The average molecular weight is 314 g/mol. The molecule has 1 fully saturated rings. The molecular weight excluding hydrogens is 298 g/mol. The van der Waals surface area contributed by atoms with E-state index in [2.05, 4.69) is 21.2 Å². The van der Waals surface area contributed by atoms with E-state index in [-0.39, 0.29) is 23.3 Å². The Kier molecular flexibility index (Phi) is 4.24. The van der Waals surface area contributed by atoms with Crippen LogP contribution in [0.4, 0.5) is 0 Å². The molecule has 5 heteroatoms. The van der Waals surface area contributed by atoms with Crippen LogP contribution in [0.1, 0.15) is 36.0 Å². The van der Waals surface area contributed by atoms with Gasteiger partial charge in [-0.05, 0) is 31.0 Å². The van der Waals surface area contributed by atoms with Crippen LogP contribution < -0.4 is 5.32 Å². The first-order valence-corrected chi connectivity index (χ1v) is 6.84. The fraction of sp³-hybridized carbons (Fsp3) is 0.462. The number of carbonyl (C=O) groups is 1. The molecule has 98 valence electrons. The molecule has 0 unspecified atom stereocenters. The number of nitrogens with one attached hydrogen (secondary N) is 1. The van der Waals surface area contributed by atoms with E-state index in [9.17, 15) is 15.0 Å². The standard InChI is InChI=1S/C13H16BrNO3/c14-8-5-6-9(12(17)7-8)13(18)15-10-3-1-2-4-11(10)16/h5-7,10-11,16-17H,1-4H2,(H,15,18)/t10-,11-/m1/s1. The second-order valence-electron chi connectivity index (χ2n) is 4.59. The number of aliphatic hydroxyl groups is 1. The minimum Gasteiger partial charge on any atom is -0.507 e. The second-order valence-corrected chi connectivity index (χ2v) is 5.51. The van der Waals surface area contributed by atoms with Crippen molar-refractivity contribution in [2.75, 3.05) is 0 Å². The molecule has 0 aliphatic heterocycles. The monoisotopic (exact) mass is 313 g/mol. The van der Waals surface area contributed by atoms with Crippen molar-refractivity contribution >= 4 is 21.8 Å². The van der Waals surface area contributed by atoms with Gasteiger partial charge in [0.15, 0.2) is 0 Å². The number of rotatable bonds is 2. The van der Waals surface area contributed by atoms with Gasteiger partial charge in [-0.15, -0.1) is 0 Å². The molecule has 2 rings (SSSR count). The third kappa shape index (κ3) is 3.03. The zero-order chi connectivity index (χ0) is 13.1. The van der Waals surface area contributed by atoms with Crippen LogP contribution in [0.25, 0.3) is 0 Å². The Hall–Kier alpha value is -1.07. The summed E-state index contributed by atoms with van der Waals surface area (Å²) in [6.07, 6.45) is 3.02. The van der Waals surface area contributed by atoms with Crippen LogP contribution in [0, 0.1) is 0 Å². The third-order valence-corrected chi connectivity index (χ3v) is 3.74. The summed E-state index contributed by atoms with van der Waals surface area (Å²) in [6, 6.07) is 4.52. The molecule has 1 aromatic rings. The SMILES string of the molecule is O=C(N[C@@H]1CCCC[C@H]1O)c1ccc(Br)cc1O. The fourth-order valence-corrected chi connectivity index (χ4v) is 2.57. The molecule has 0 bridgehead atoms. The van der Waals surface area contributed by atoms with Crippen molar-refractivity contribution in [3.05, 3.63) is 28.2 Å². The Balaban J connectivity index is 2.07. The smallest absolute Gasteiger partial charge is 0.255 e. The fourth-order valence-electron chi connectivity index (χ4n) is 2.22. The predicted molar refractivity (Wildman–Crippen MR) is 71.5 cm³/mol. The van der Waals surface area contributed by atoms with Gasteiger partial charge in [-0.2, -0.15) is 0 Å². The summed E-state index contributed by atoms with van der Waals surface area (Å²) in [5.74, 6) is -0.405. The topological polar surface area (TPSA) is 69.6 Å². The number of amides is 1. The zero-order valence-electron chi connectivity index (χ0n) is 9.90. The number of hydrogen-bond acceptors (Lipinski definition) is 3. The highest BCUT2D eigenvalue weighted by Crippen LogP contribution is 2.23. The van der Waals surface area contributed by atoms with Crippen molar-refractivity contribution in [1.29, 1.82) is 0 Å². The summed E-state index contributed by atoms with van der Waals surface area (Å²) in [5.41, 5.74) is 0.232. The molecule has 1 aliphatic carbocycles. The van der Waals surface area contributed by atoms with E-state index < -0.39 is 6.10 Å². The van der Waals surface area contributed by atoms with Gasteiger partial charge < -0.3 is 15.5 Å². The maximum absolute atomic E-state index is 12.0. The van der Waals surface area contributed by atoms with Gasteiger partial charge in [0.1, 0.15) is 5.75 Å². The van der Waals surface area contributed by atoms with Crippen molar-refractivity contribution in [3.8, 4) is 5.75 Å². The first-order valence-electron chi connectivity index (χ1n) is 6.05. The lowest BCUT2D eigenvalue weighted by molar-refractivity contribution is 0.0715. The van der Waals surface area contributed by atoms with E-state index in [4.69, 9.17) is 0 Å². The van der Waals surface area contributed by atoms with Gasteiger partial charge >= 0.3 is 0 Å². The minimum atomic E-state index is -0.486. The van der Waals surface area contributed by atoms with Crippen LogP contribution in [-0.4, -0.2) is 28.3 Å². The van der Waals surface area contributed by atoms with Crippen LogP contribution in [-0.2, 0) is 0 Å². The van der Waals surface area contributed by atoms with E-state index in [0.717, 1.165) is 25.7 Å². The molecule has 2 atom stereocenters. The normalized spacial score (nSPS) is 23.7. The molecule has 1 amide bonds. The third-order valence-electron chi connectivity index (χ3n) is 3.25. The van der Waals surface area contributed by atoms with Gasteiger partial charge in [0.05, 0.1) is 17.7 Å². The van der Waals surface area contributed by atoms with Crippen molar-refractivity contribution in [2.45, 2.75) is 37.8 Å². The van der Waals surface area contributed by atoms with Crippen molar-refractivity contribution in [2.24, 2.45) is 0 Å². The average Bonchev–Trinajstić information content (AvgIpc) is 2.32. The van der Waals surface area contributed by atoms with Crippen LogP contribution in [0.5, 0.6) is 5.75 Å². The summed E-state index contributed by atoms with van der Waals surface area (Å²) >= 11 is 3.22. The first kappa shape index (κ1) is 13.4. The number of aliphatic hydroxyl groups excluding tert-OH is 1. The summed E-state index contributed by atoms with van der Waals surface area (Å²) in [7, 11) is 0. The van der Waals surface area contributed by atoms with E-state index in [0.29, 0.717) is 4.47 Å². The molecule has 1 aromatic carbocycles. The maximum atomic E-state index is 12.0. The Morgan fingerprint density at radius 2 is 2.06 bits per heavy atom. The van der Waals surface area contributed by atoms with Crippen LogP contribution >= 0.6 is 15.9 Å². The van der Waals surface area contributed by atoms with Gasteiger partial charge in [0.2, 0.25) is 0 Å². The first-order chi connectivity index (χ1) is 8.58. The zero-order valence-corrected chi connectivity index (χ0v) is 11.5. The number of hydrogen-bond donors (Lipinski definition) is 3. The Morgan fingerprint density at radius 1 is 1.33 bits per heavy atom. The van der Waals surface area contributed by atoms with Gasteiger partial charge in [0.25, 0.3) is 5.91 Å². The highest BCUT2D eigenvalue weighted by atomic mass is 79.9. The molecule has 4 nitrogen and oxygen atoms in total. The van der Waals surface area contributed by atoms with Crippen LogP contribution in [0.2, 0.25) is 0 Å². The van der Waals surface area contributed by atoms with Crippen LogP contribution in [0.3, 0.4) is 0 Å². The highest BCUT2D eigenvalue weighted by molar-refractivity contribution is 9.10. The maximum Gasteiger partial charge on any atom is 0.255 e. The van der Waals surface area contributed by atoms with Crippen molar-refractivity contribution in [3.63, 3.8) is 0 Å². The summed E-state index contributed by atoms with van der Waals surface area (Å²) in [6.45, 7) is 0. The lowest BCUT2D eigenvalue weighted by Gasteiger charge is -2.28. The number of benzene rings is 1. The van der Waals surface area contributed by atoms with Gasteiger partial charge in [-0.1, -0.05) is 28.8 Å². The molecule has 0 spiro atoms. The lowest BCUT2D eigenvalue weighted by Crippen LogP contribution is -2.45. The molecule has 0 heterocycles. The Bertz CT molecular complexity index is 450. The van der Waals surface area contributed by atoms with E-state index in [1.54, 1.807) is 12.1 Å². The number of phenols is 1. The minimum absolute atomic E-state index is 0.0628. The summed E-state index contributed by atoms with van der Waals surface area (Å²) in [4.78, 5) is 12.0. The highest BCUT2D eigenvalue weighted by Gasteiger charge is 2.25. The molecule has 18 heavy (non-hydrogen) atoms. The largest absolute Gasteiger partial charge is 0.507 e. The lowest BCUT2D eigenvalue weighted by atomic mass is 9.92. The molecule has 1 saturated carbocycles. The van der Waals surface area contributed by atoms with Crippen LogP contribution in [0.15, 0.2) is 22.7 Å². The molecular formula is C13H16BrNO3. The molecule has 0 aromatic heterocycles. The van der Waals surface area contributed by atoms with Gasteiger partial charge in [-0.3, -0.25) is 4.79 Å². The van der Waals surface area contributed by atoms with Gasteiger partial charge in [0, 0.05) is 4.47 Å². The predicted octanol–water partition coefficient (Wildman–Crippen LogP) is 2.19. The molecule has 1 aliphatic rings. The molecule has 3 N–H and O–H groups in total. The van der Waals surface area contributed by atoms with Gasteiger partial charge in [-0.25, -0.2) is 0 Å². The number of carbonyl (C=O) groups excluding carboxylic acids is 1. The van der Waals surface area contributed by atoms with Crippen molar-refractivity contribution < 1.29 is 15.0 Å². The van der Waals surface area contributed by atoms with E-state index in [1.165, 1.54) is 6.07 Å². The Morgan fingerprint density at radius 3 is 2.72 bits per heavy atom. The molecule has 0 radical (unpaired) electrons. The second kappa shape index (κ2) is 5.71. The van der Waals surface area contributed by atoms with E-state index in [1.807, 2.05) is 0 Å². The number of aromatic hydroxyl groups is 1. The summed E-state index contributed by atoms with van der Waals surface area (Å²) in [5, 5.41) is 22.3. The van der Waals surface area contributed by atoms with Crippen molar-refractivity contribution in [1.82, 2.24) is 5.32 Å².